The number of rotatable bonds is 10. The number of aliphatic carboxylic acids is 1. The lowest BCUT2D eigenvalue weighted by Crippen LogP contribution is -2.55. The Kier molecular flexibility index (Phi) is 10.4. The van der Waals surface area contributed by atoms with E-state index < -0.39 is 47.4 Å². The molecule has 236 valence electrons. The number of carboxylic acids is 1. The smallest absolute Gasteiger partial charge is 0.416 e. The molecule has 2 amide bonds. The zero-order valence-corrected chi connectivity index (χ0v) is 24.3. The summed E-state index contributed by atoms with van der Waals surface area (Å²) in [6.07, 6.45) is -5.16. The van der Waals surface area contributed by atoms with Gasteiger partial charge >= 0.3 is 18.2 Å². The highest BCUT2D eigenvalue weighted by Gasteiger charge is 2.39. The molecule has 3 rings (SSSR count). The van der Waals surface area contributed by atoms with Gasteiger partial charge in [0.25, 0.3) is 5.91 Å². The first-order chi connectivity index (χ1) is 20.1. The standard InChI is InChI=1S/C27H34F3N5O8/c1-26(2,3)43-25(39)35-11-16(6-7-19(35)24(37)38)32-23-17(22(31)36)10-18(33-34-23)21-14(12-40-4)8-15(27(28,29)30)9-20(21)42-13-41-5/h8-10,16,19H,6-7,11-13H2,1-5H3,(H2,31,36)(H,32,34)(H,37,38)/t16-,19+/m1/s1. The molecule has 2 atom stereocenters. The van der Waals surface area contributed by atoms with Crippen LogP contribution < -0.4 is 15.8 Å². The van der Waals surface area contributed by atoms with Crippen LogP contribution in [0.2, 0.25) is 0 Å². The summed E-state index contributed by atoms with van der Waals surface area (Å²) in [6.45, 7) is 4.21. The van der Waals surface area contributed by atoms with E-state index in [4.69, 9.17) is 24.7 Å². The third kappa shape index (κ3) is 8.44. The number of anilines is 1. The lowest BCUT2D eigenvalue weighted by atomic mass is 9.97. The molecule has 0 bridgehead atoms. The molecule has 1 aromatic carbocycles. The highest BCUT2D eigenvalue weighted by Crippen LogP contribution is 2.40. The highest BCUT2D eigenvalue weighted by atomic mass is 19.4. The number of ether oxygens (including phenoxy) is 4. The number of halogens is 3. The predicted octanol–water partition coefficient (Wildman–Crippen LogP) is 3.66. The minimum absolute atomic E-state index is 0.0313. The van der Waals surface area contributed by atoms with Gasteiger partial charge in [-0.05, 0) is 57.4 Å². The number of aromatic nitrogens is 2. The average molecular weight is 614 g/mol. The first kappa shape index (κ1) is 33.3. The van der Waals surface area contributed by atoms with E-state index in [-0.39, 0.29) is 66.7 Å². The lowest BCUT2D eigenvalue weighted by Gasteiger charge is -2.38. The second-order valence-electron chi connectivity index (χ2n) is 10.8. The van der Waals surface area contributed by atoms with Crippen molar-refractivity contribution in [3.8, 4) is 17.0 Å². The van der Waals surface area contributed by atoms with Gasteiger partial charge in [0, 0.05) is 32.4 Å². The van der Waals surface area contributed by atoms with E-state index in [1.165, 1.54) is 20.3 Å². The van der Waals surface area contributed by atoms with Crippen molar-refractivity contribution in [2.45, 2.75) is 64.1 Å². The number of carbonyl (C=O) groups is 3. The fraction of sp³-hybridized carbons (Fsp3) is 0.519. The molecule has 43 heavy (non-hydrogen) atoms. The summed E-state index contributed by atoms with van der Waals surface area (Å²) in [7, 11) is 2.59. The van der Waals surface area contributed by atoms with E-state index in [1.54, 1.807) is 20.8 Å². The molecule has 1 aliphatic rings. The molecular formula is C27H34F3N5O8. The second kappa shape index (κ2) is 13.4. The number of carbonyl (C=O) groups excluding carboxylic acids is 2. The van der Waals surface area contributed by atoms with Gasteiger partial charge in [-0.3, -0.25) is 9.69 Å². The molecule has 0 saturated carbocycles. The molecule has 0 spiro atoms. The average Bonchev–Trinajstić information content (AvgIpc) is 2.90. The Morgan fingerprint density at radius 2 is 1.79 bits per heavy atom. The Labute approximate surface area is 245 Å². The maximum atomic E-state index is 13.6. The first-order valence-corrected chi connectivity index (χ1v) is 13.1. The third-order valence-corrected chi connectivity index (χ3v) is 6.29. The summed E-state index contributed by atoms with van der Waals surface area (Å²) < 4.78 is 61.7. The van der Waals surface area contributed by atoms with Gasteiger partial charge in [0.1, 0.15) is 17.4 Å². The molecule has 13 nitrogen and oxygen atoms in total. The van der Waals surface area contributed by atoms with Crippen LogP contribution in [-0.2, 0) is 31.8 Å². The van der Waals surface area contributed by atoms with Gasteiger partial charge in [0.05, 0.1) is 23.4 Å². The zero-order chi connectivity index (χ0) is 32.1. The number of carboxylic acid groups (broad SMARTS) is 1. The number of methoxy groups -OCH3 is 2. The predicted molar refractivity (Wildman–Crippen MR) is 145 cm³/mol. The molecule has 0 radical (unpaired) electrons. The molecular weight excluding hydrogens is 579 g/mol. The number of hydrogen-bond donors (Lipinski definition) is 3. The number of primary amides is 1. The van der Waals surface area contributed by atoms with Crippen LogP contribution in [0.3, 0.4) is 0 Å². The summed E-state index contributed by atoms with van der Waals surface area (Å²) in [5.41, 5.74) is 3.71. The van der Waals surface area contributed by atoms with Crippen molar-refractivity contribution in [1.29, 1.82) is 0 Å². The van der Waals surface area contributed by atoms with E-state index in [0.717, 1.165) is 17.0 Å². The quantitative estimate of drug-likeness (QED) is 0.334. The van der Waals surface area contributed by atoms with Gasteiger partial charge in [0.15, 0.2) is 12.6 Å². The SMILES string of the molecule is COCOc1cc(C(F)(F)F)cc(COC)c1-c1cc(C(N)=O)c(N[C@@H]2CC[C@@H](C(=O)O)N(C(=O)OC(C)(C)C)C2)nn1. The molecule has 1 aromatic heterocycles. The van der Waals surface area contributed by atoms with Crippen molar-refractivity contribution >= 4 is 23.8 Å². The number of hydrogen-bond acceptors (Lipinski definition) is 10. The van der Waals surface area contributed by atoms with E-state index in [1.807, 2.05) is 0 Å². The number of nitrogens with zero attached hydrogens (tertiary/aromatic N) is 3. The number of alkyl halides is 3. The minimum Gasteiger partial charge on any atom is -0.480 e. The van der Waals surface area contributed by atoms with Crippen molar-refractivity contribution in [3.05, 3.63) is 34.9 Å². The largest absolute Gasteiger partial charge is 0.480 e. The van der Waals surface area contributed by atoms with Crippen molar-refractivity contribution in [3.63, 3.8) is 0 Å². The second-order valence-corrected chi connectivity index (χ2v) is 10.8. The minimum atomic E-state index is -4.70. The van der Waals surface area contributed by atoms with Gasteiger partial charge < -0.3 is 35.1 Å². The monoisotopic (exact) mass is 613 g/mol. The van der Waals surface area contributed by atoms with Gasteiger partial charge in [-0.2, -0.15) is 13.2 Å². The number of likely N-dealkylation sites (tertiary alicyclic amines) is 1. The number of piperidine rings is 1. The van der Waals surface area contributed by atoms with Crippen LogP contribution in [-0.4, -0.2) is 83.4 Å². The van der Waals surface area contributed by atoms with Crippen molar-refractivity contribution in [2.75, 3.05) is 32.9 Å². The number of nitrogens with two attached hydrogens (primary N) is 1. The maximum Gasteiger partial charge on any atom is 0.416 e. The number of nitrogens with one attached hydrogen (secondary N) is 1. The Morgan fingerprint density at radius 3 is 2.35 bits per heavy atom. The van der Waals surface area contributed by atoms with Crippen molar-refractivity contribution in [2.24, 2.45) is 5.73 Å². The van der Waals surface area contributed by atoms with Crippen molar-refractivity contribution in [1.82, 2.24) is 15.1 Å². The topological polar surface area (TPSA) is 175 Å². The van der Waals surface area contributed by atoms with Gasteiger partial charge in [0.2, 0.25) is 0 Å². The van der Waals surface area contributed by atoms with Gasteiger partial charge in [-0.15, -0.1) is 10.2 Å². The van der Waals surface area contributed by atoms with Crippen LogP contribution in [0, 0.1) is 0 Å². The molecule has 16 heteroatoms. The van der Waals surface area contributed by atoms with Crippen LogP contribution in [0.15, 0.2) is 18.2 Å². The molecule has 1 saturated heterocycles. The molecule has 1 fully saturated rings. The molecule has 0 aliphatic carbocycles. The van der Waals surface area contributed by atoms with Crippen LogP contribution in [0.4, 0.5) is 23.8 Å². The normalized spacial score (nSPS) is 17.3. The number of amides is 2. The Balaban J connectivity index is 2.01. The van der Waals surface area contributed by atoms with Gasteiger partial charge in [-0.1, -0.05) is 0 Å². The Bertz CT molecular complexity index is 1350. The molecule has 0 unspecified atom stereocenters. The van der Waals surface area contributed by atoms with Crippen LogP contribution in [0.1, 0.15) is 55.1 Å². The van der Waals surface area contributed by atoms with Crippen LogP contribution in [0.5, 0.6) is 5.75 Å². The molecule has 2 heterocycles. The fourth-order valence-electron chi connectivity index (χ4n) is 4.50. The Morgan fingerprint density at radius 1 is 1.09 bits per heavy atom. The summed E-state index contributed by atoms with van der Waals surface area (Å²) in [5, 5.41) is 20.9. The van der Waals surface area contributed by atoms with Crippen LogP contribution in [0.25, 0.3) is 11.3 Å². The van der Waals surface area contributed by atoms with Crippen molar-refractivity contribution < 1.29 is 51.6 Å². The third-order valence-electron chi connectivity index (χ3n) is 6.29. The van der Waals surface area contributed by atoms with E-state index in [2.05, 4.69) is 15.5 Å². The number of benzene rings is 1. The van der Waals surface area contributed by atoms with E-state index in [9.17, 15) is 32.7 Å². The highest BCUT2D eigenvalue weighted by molar-refractivity contribution is 5.98. The lowest BCUT2D eigenvalue weighted by molar-refractivity contribution is -0.144. The molecule has 1 aliphatic heterocycles. The summed E-state index contributed by atoms with van der Waals surface area (Å²) in [5.74, 6) is -2.43. The summed E-state index contributed by atoms with van der Waals surface area (Å²) in [4.78, 5) is 38.2. The fourth-order valence-corrected chi connectivity index (χ4v) is 4.50. The first-order valence-electron chi connectivity index (χ1n) is 13.1. The maximum absolute atomic E-state index is 13.6. The summed E-state index contributed by atoms with van der Waals surface area (Å²) in [6, 6.07) is 1.20. The van der Waals surface area contributed by atoms with Gasteiger partial charge in [-0.25, -0.2) is 9.59 Å². The van der Waals surface area contributed by atoms with E-state index >= 15 is 0 Å². The molecule has 2 aromatic rings. The van der Waals surface area contributed by atoms with Crippen LogP contribution >= 0.6 is 0 Å². The zero-order valence-electron chi connectivity index (χ0n) is 24.3. The summed E-state index contributed by atoms with van der Waals surface area (Å²) >= 11 is 0. The van der Waals surface area contributed by atoms with E-state index in [0.29, 0.717) is 0 Å². The Hall–Kier alpha value is -4.18. The molecule has 4 N–H and O–H groups in total.